The number of hydrogen-bond acceptors (Lipinski definition) is 4. The van der Waals surface area contributed by atoms with Crippen molar-refractivity contribution in [1.29, 1.82) is 0 Å². The number of ether oxygens (including phenoxy) is 1. The van der Waals surface area contributed by atoms with Gasteiger partial charge in [0.15, 0.2) is 0 Å². The molecule has 25 heavy (non-hydrogen) atoms. The lowest BCUT2D eigenvalue weighted by atomic mass is 9.81. The first-order valence-electron chi connectivity index (χ1n) is 9.67. The van der Waals surface area contributed by atoms with Crippen LogP contribution in [-0.4, -0.2) is 65.1 Å². The first kappa shape index (κ1) is 18.3. The Balaban J connectivity index is 1.60. The summed E-state index contributed by atoms with van der Waals surface area (Å²) in [5.74, 6) is 0.0958. The van der Waals surface area contributed by atoms with Crippen LogP contribution in [0.3, 0.4) is 0 Å². The number of carbonyl (C=O) groups excluding carboxylic acids is 1. The largest absolute Gasteiger partial charge is 0.375 e. The molecule has 1 unspecified atom stereocenters. The van der Waals surface area contributed by atoms with Gasteiger partial charge in [-0.15, -0.1) is 0 Å². The van der Waals surface area contributed by atoms with Crippen molar-refractivity contribution in [2.45, 2.75) is 58.1 Å². The number of carbonyl (C=O) groups is 1. The van der Waals surface area contributed by atoms with E-state index in [1.165, 1.54) is 0 Å². The molecule has 0 saturated carbocycles. The van der Waals surface area contributed by atoms with Crippen molar-refractivity contribution in [3.8, 4) is 0 Å². The number of pyridine rings is 1. The van der Waals surface area contributed by atoms with Crippen molar-refractivity contribution in [2.75, 3.05) is 32.8 Å². The van der Waals surface area contributed by atoms with Crippen LogP contribution in [0.25, 0.3) is 0 Å². The second kappa shape index (κ2) is 7.83. The average molecular weight is 345 g/mol. The van der Waals surface area contributed by atoms with Crippen molar-refractivity contribution >= 4 is 5.91 Å². The summed E-state index contributed by atoms with van der Waals surface area (Å²) < 4.78 is 6.25. The van der Waals surface area contributed by atoms with Gasteiger partial charge in [-0.2, -0.15) is 0 Å². The van der Waals surface area contributed by atoms with E-state index in [4.69, 9.17) is 4.74 Å². The maximum atomic E-state index is 12.7. The molecule has 1 aromatic rings. The summed E-state index contributed by atoms with van der Waals surface area (Å²) in [6.45, 7) is 11.0. The van der Waals surface area contributed by atoms with Gasteiger partial charge in [0.05, 0.1) is 11.2 Å². The number of amides is 1. The zero-order chi connectivity index (χ0) is 17.9. The van der Waals surface area contributed by atoms with Crippen molar-refractivity contribution in [3.05, 3.63) is 29.6 Å². The van der Waals surface area contributed by atoms with Gasteiger partial charge in [-0.3, -0.25) is 9.78 Å². The summed E-state index contributed by atoms with van der Waals surface area (Å²) >= 11 is 0. The summed E-state index contributed by atoms with van der Waals surface area (Å²) in [6.07, 6.45) is 5.80. The summed E-state index contributed by atoms with van der Waals surface area (Å²) in [5.41, 5.74) is 1.59. The number of nitrogens with zero attached hydrogens (tertiary/aromatic N) is 3. The lowest BCUT2D eigenvalue weighted by molar-refractivity contribution is -0.129. The Morgan fingerprint density at radius 1 is 1.32 bits per heavy atom. The molecule has 138 valence electrons. The molecule has 0 radical (unpaired) electrons. The van der Waals surface area contributed by atoms with Gasteiger partial charge >= 0.3 is 0 Å². The fourth-order valence-corrected chi connectivity index (χ4v) is 4.30. The van der Waals surface area contributed by atoms with E-state index in [2.05, 4.69) is 23.7 Å². The minimum absolute atomic E-state index is 0.0339. The van der Waals surface area contributed by atoms with E-state index in [1.54, 1.807) is 6.20 Å². The van der Waals surface area contributed by atoms with E-state index in [9.17, 15) is 4.79 Å². The minimum atomic E-state index is -0.0339. The van der Waals surface area contributed by atoms with Crippen LogP contribution >= 0.6 is 0 Å². The Kier molecular flexibility index (Phi) is 5.74. The standard InChI is InChI=1S/C20H31N3O2/c1-4-22(5-2)18-8-13-25-20(14-18)9-11-23(12-10-20)19(24)17-7-6-16(3)21-15-17/h6-7,15,18H,4-5,8-14H2,1-3H3. The van der Waals surface area contributed by atoms with Crippen LogP contribution in [0, 0.1) is 6.92 Å². The molecule has 1 atom stereocenters. The van der Waals surface area contributed by atoms with Crippen LogP contribution < -0.4 is 0 Å². The number of aryl methyl sites for hydroxylation is 1. The number of piperidine rings is 1. The molecule has 5 heteroatoms. The molecule has 2 aliphatic heterocycles. The third kappa shape index (κ3) is 4.04. The molecule has 1 amide bonds. The van der Waals surface area contributed by atoms with Gasteiger partial charge in [0.25, 0.3) is 5.91 Å². The Morgan fingerprint density at radius 3 is 2.64 bits per heavy atom. The van der Waals surface area contributed by atoms with Crippen LogP contribution in [0.5, 0.6) is 0 Å². The molecule has 5 nitrogen and oxygen atoms in total. The first-order chi connectivity index (χ1) is 12.1. The maximum absolute atomic E-state index is 12.7. The fraction of sp³-hybridized carbons (Fsp3) is 0.700. The van der Waals surface area contributed by atoms with Crippen molar-refractivity contribution in [3.63, 3.8) is 0 Å². The molecule has 2 aliphatic rings. The van der Waals surface area contributed by atoms with E-state index in [1.807, 2.05) is 24.0 Å². The second-order valence-corrected chi connectivity index (χ2v) is 7.38. The fourth-order valence-electron chi connectivity index (χ4n) is 4.30. The summed E-state index contributed by atoms with van der Waals surface area (Å²) in [6, 6.07) is 4.40. The highest BCUT2D eigenvalue weighted by Gasteiger charge is 2.42. The van der Waals surface area contributed by atoms with Gasteiger partial charge in [0, 0.05) is 37.6 Å². The molecule has 0 bridgehead atoms. The molecule has 0 aliphatic carbocycles. The number of hydrogen-bond donors (Lipinski definition) is 0. The van der Waals surface area contributed by atoms with Gasteiger partial charge in [-0.05, 0) is 57.8 Å². The molecule has 0 N–H and O–H groups in total. The topological polar surface area (TPSA) is 45.7 Å². The lowest BCUT2D eigenvalue weighted by Gasteiger charge is -2.48. The predicted octanol–water partition coefficient (Wildman–Crippen LogP) is 2.89. The van der Waals surface area contributed by atoms with Gasteiger partial charge in [-0.1, -0.05) is 13.8 Å². The summed E-state index contributed by atoms with van der Waals surface area (Å²) in [7, 11) is 0. The normalized spacial score (nSPS) is 23.2. The molecule has 0 aromatic carbocycles. The molecule has 2 saturated heterocycles. The highest BCUT2D eigenvalue weighted by Crippen LogP contribution is 2.37. The quantitative estimate of drug-likeness (QED) is 0.842. The van der Waals surface area contributed by atoms with Crippen LogP contribution in [-0.2, 0) is 4.74 Å². The second-order valence-electron chi connectivity index (χ2n) is 7.38. The van der Waals surface area contributed by atoms with Gasteiger partial charge in [0.2, 0.25) is 0 Å². The van der Waals surface area contributed by atoms with Crippen LogP contribution in [0.15, 0.2) is 18.3 Å². The highest BCUT2D eigenvalue weighted by molar-refractivity contribution is 5.94. The molecule has 2 fully saturated rings. The van der Waals surface area contributed by atoms with Crippen LogP contribution in [0.4, 0.5) is 0 Å². The molecule has 1 spiro atoms. The average Bonchev–Trinajstić information content (AvgIpc) is 2.64. The highest BCUT2D eigenvalue weighted by atomic mass is 16.5. The third-order valence-electron chi connectivity index (χ3n) is 5.92. The van der Waals surface area contributed by atoms with E-state index in [0.29, 0.717) is 11.6 Å². The van der Waals surface area contributed by atoms with Gasteiger partial charge < -0.3 is 14.5 Å². The smallest absolute Gasteiger partial charge is 0.255 e. The van der Waals surface area contributed by atoms with E-state index < -0.39 is 0 Å². The van der Waals surface area contributed by atoms with Crippen LogP contribution in [0.2, 0.25) is 0 Å². The zero-order valence-electron chi connectivity index (χ0n) is 15.8. The molecular weight excluding hydrogens is 314 g/mol. The maximum Gasteiger partial charge on any atom is 0.255 e. The number of rotatable bonds is 4. The predicted molar refractivity (Wildman–Crippen MR) is 98.7 cm³/mol. The Hall–Kier alpha value is -1.46. The van der Waals surface area contributed by atoms with Crippen molar-refractivity contribution in [1.82, 2.24) is 14.8 Å². The first-order valence-corrected chi connectivity index (χ1v) is 9.67. The van der Waals surface area contributed by atoms with Gasteiger partial charge in [0.1, 0.15) is 0 Å². The van der Waals surface area contributed by atoms with E-state index >= 15 is 0 Å². The van der Waals surface area contributed by atoms with E-state index in [-0.39, 0.29) is 11.5 Å². The Labute approximate surface area is 151 Å². The molecule has 1 aromatic heterocycles. The number of likely N-dealkylation sites (tertiary alicyclic amines) is 1. The van der Waals surface area contributed by atoms with Gasteiger partial charge in [-0.25, -0.2) is 0 Å². The van der Waals surface area contributed by atoms with Crippen LogP contribution in [0.1, 0.15) is 55.6 Å². The lowest BCUT2D eigenvalue weighted by Crippen LogP contribution is -2.54. The molecule has 3 rings (SSSR count). The number of aromatic nitrogens is 1. The third-order valence-corrected chi connectivity index (χ3v) is 5.92. The van der Waals surface area contributed by atoms with Crippen molar-refractivity contribution < 1.29 is 9.53 Å². The minimum Gasteiger partial charge on any atom is -0.375 e. The zero-order valence-corrected chi connectivity index (χ0v) is 15.8. The molecule has 3 heterocycles. The Bertz CT molecular complexity index is 575. The van der Waals surface area contributed by atoms with E-state index in [0.717, 1.165) is 64.2 Å². The van der Waals surface area contributed by atoms with Crippen molar-refractivity contribution in [2.24, 2.45) is 0 Å². The SMILES string of the molecule is CCN(CC)C1CCOC2(CCN(C(=O)c3ccc(C)nc3)CC2)C1. The monoisotopic (exact) mass is 345 g/mol. The Morgan fingerprint density at radius 2 is 2.04 bits per heavy atom. The summed E-state index contributed by atoms with van der Waals surface area (Å²) in [4.78, 5) is 21.4. The summed E-state index contributed by atoms with van der Waals surface area (Å²) in [5, 5.41) is 0. The molecular formula is C20H31N3O2.